The smallest absolute Gasteiger partial charge is 0.436 e. The van der Waals surface area contributed by atoms with E-state index in [1.165, 1.54) is 19.1 Å². The van der Waals surface area contributed by atoms with Crippen LogP contribution in [0.1, 0.15) is 5.69 Å². The summed E-state index contributed by atoms with van der Waals surface area (Å²) in [6, 6.07) is 3.44. The number of alkyl halides is 3. The predicted octanol–water partition coefficient (Wildman–Crippen LogP) is 4.38. The summed E-state index contributed by atoms with van der Waals surface area (Å²) in [7, 11) is 0. The van der Waals surface area contributed by atoms with E-state index in [-0.39, 0.29) is 21.8 Å². The molecule has 9 heteroatoms. The van der Waals surface area contributed by atoms with Gasteiger partial charge in [-0.3, -0.25) is 0 Å². The molecule has 0 aliphatic carbocycles. The van der Waals surface area contributed by atoms with Gasteiger partial charge in [-0.2, -0.15) is 9.37 Å². The Labute approximate surface area is 124 Å². The lowest BCUT2D eigenvalue weighted by Crippen LogP contribution is -2.17. The van der Waals surface area contributed by atoms with Gasteiger partial charge in [0.15, 0.2) is 0 Å². The van der Waals surface area contributed by atoms with E-state index in [0.29, 0.717) is 0 Å². The Morgan fingerprint density at radius 3 is 2.52 bits per heavy atom. The average molecular weight is 367 g/mol. The predicted molar refractivity (Wildman–Crippen MR) is 67.6 cm³/mol. The third-order valence-corrected chi connectivity index (χ3v) is 2.90. The normalized spacial score (nSPS) is 11.3. The van der Waals surface area contributed by atoms with E-state index in [9.17, 15) is 17.6 Å². The van der Waals surface area contributed by atoms with E-state index in [1.807, 2.05) is 0 Å². The second-order valence-electron chi connectivity index (χ2n) is 3.82. The Kier molecular flexibility index (Phi) is 4.31. The van der Waals surface area contributed by atoms with E-state index >= 15 is 0 Å². The molecule has 1 aromatic carbocycles. The van der Waals surface area contributed by atoms with Crippen molar-refractivity contribution in [3.8, 4) is 17.4 Å². The van der Waals surface area contributed by atoms with Crippen molar-refractivity contribution in [3.05, 3.63) is 40.5 Å². The van der Waals surface area contributed by atoms with Gasteiger partial charge >= 0.3 is 6.36 Å². The maximum atomic E-state index is 13.7. The number of rotatable bonds is 3. The zero-order chi connectivity index (χ0) is 15.6. The highest BCUT2D eigenvalue weighted by Crippen LogP contribution is 2.34. The van der Waals surface area contributed by atoms with Crippen LogP contribution in [0.2, 0.25) is 0 Å². The first kappa shape index (κ1) is 15.5. The summed E-state index contributed by atoms with van der Waals surface area (Å²) in [4.78, 5) is 7.24. The van der Waals surface area contributed by atoms with Crippen LogP contribution in [0.25, 0.3) is 0 Å². The lowest BCUT2D eigenvalue weighted by Gasteiger charge is -2.12. The number of nitrogens with zero attached hydrogens (tertiary/aromatic N) is 2. The summed E-state index contributed by atoms with van der Waals surface area (Å²) in [5.74, 6) is -1.41. The molecule has 1 heterocycles. The summed E-state index contributed by atoms with van der Waals surface area (Å²) in [6.07, 6.45) is -3.69. The molecule has 0 saturated heterocycles. The summed E-state index contributed by atoms with van der Waals surface area (Å²) >= 11 is 2.91. The zero-order valence-electron chi connectivity index (χ0n) is 10.4. The first-order valence-electron chi connectivity index (χ1n) is 5.46. The van der Waals surface area contributed by atoms with Gasteiger partial charge in [0.2, 0.25) is 5.82 Å². The van der Waals surface area contributed by atoms with Crippen LogP contribution in [0.3, 0.4) is 0 Å². The van der Waals surface area contributed by atoms with Crippen LogP contribution in [0, 0.1) is 12.7 Å². The zero-order valence-corrected chi connectivity index (χ0v) is 12.0. The van der Waals surface area contributed by atoms with Gasteiger partial charge in [-0.15, -0.1) is 13.2 Å². The SMILES string of the molecule is Cc1ncnc(Oc2ccc(OC(F)(F)F)c(Br)c2)c1F. The number of ether oxygens (including phenoxy) is 2. The lowest BCUT2D eigenvalue weighted by atomic mass is 10.3. The number of hydrogen-bond acceptors (Lipinski definition) is 4. The van der Waals surface area contributed by atoms with Crippen molar-refractivity contribution < 1.29 is 27.0 Å². The molecule has 0 saturated carbocycles. The molecule has 21 heavy (non-hydrogen) atoms. The van der Waals surface area contributed by atoms with Gasteiger partial charge in [0, 0.05) is 0 Å². The fraction of sp³-hybridized carbons (Fsp3) is 0.167. The highest BCUT2D eigenvalue weighted by Gasteiger charge is 2.32. The second-order valence-corrected chi connectivity index (χ2v) is 4.67. The maximum Gasteiger partial charge on any atom is 0.573 e. The standard InChI is InChI=1S/C12H7BrF4N2O2/c1-6-10(14)11(19-5-18-6)20-7-2-3-9(8(13)4-7)21-12(15,16)17/h2-5H,1H3. The molecule has 0 aliphatic rings. The van der Waals surface area contributed by atoms with Crippen molar-refractivity contribution in [3.63, 3.8) is 0 Å². The molecule has 1 aromatic heterocycles. The fourth-order valence-electron chi connectivity index (χ4n) is 1.37. The highest BCUT2D eigenvalue weighted by atomic mass is 79.9. The number of hydrogen-bond donors (Lipinski definition) is 0. The van der Waals surface area contributed by atoms with Crippen molar-refractivity contribution in [1.82, 2.24) is 9.97 Å². The Bertz CT molecular complexity index is 664. The molecule has 0 unspecified atom stereocenters. The Balaban J connectivity index is 2.23. The third kappa shape index (κ3) is 4.03. The molecule has 0 atom stereocenters. The molecule has 0 radical (unpaired) electrons. The van der Waals surface area contributed by atoms with Crippen LogP contribution < -0.4 is 9.47 Å². The topological polar surface area (TPSA) is 44.2 Å². The number of aromatic nitrogens is 2. The first-order chi connectivity index (χ1) is 9.76. The van der Waals surface area contributed by atoms with Crippen molar-refractivity contribution in [2.75, 3.05) is 0 Å². The van der Waals surface area contributed by atoms with Gasteiger partial charge in [-0.1, -0.05) is 0 Å². The van der Waals surface area contributed by atoms with Gasteiger partial charge in [0.1, 0.15) is 17.8 Å². The van der Waals surface area contributed by atoms with E-state index in [2.05, 4.69) is 30.6 Å². The van der Waals surface area contributed by atoms with Gasteiger partial charge in [-0.25, -0.2) is 4.98 Å². The number of aryl methyl sites for hydroxylation is 1. The van der Waals surface area contributed by atoms with Crippen LogP contribution in [0.4, 0.5) is 17.6 Å². The van der Waals surface area contributed by atoms with Gasteiger partial charge in [0.05, 0.1) is 10.2 Å². The van der Waals surface area contributed by atoms with Gasteiger partial charge in [-0.05, 0) is 41.1 Å². The van der Waals surface area contributed by atoms with E-state index < -0.39 is 17.9 Å². The Morgan fingerprint density at radius 2 is 1.90 bits per heavy atom. The molecular formula is C12H7BrF4N2O2. The highest BCUT2D eigenvalue weighted by molar-refractivity contribution is 9.10. The van der Waals surface area contributed by atoms with Crippen LogP contribution in [0.5, 0.6) is 17.4 Å². The molecule has 4 nitrogen and oxygen atoms in total. The van der Waals surface area contributed by atoms with Crippen LogP contribution in [-0.2, 0) is 0 Å². The minimum absolute atomic E-state index is 0.00325. The fourth-order valence-corrected chi connectivity index (χ4v) is 1.81. The monoisotopic (exact) mass is 366 g/mol. The molecule has 2 aromatic rings. The molecule has 0 N–H and O–H groups in total. The molecule has 2 rings (SSSR count). The Morgan fingerprint density at radius 1 is 1.19 bits per heavy atom. The quantitative estimate of drug-likeness (QED) is 0.756. The first-order valence-corrected chi connectivity index (χ1v) is 6.26. The largest absolute Gasteiger partial charge is 0.573 e. The van der Waals surface area contributed by atoms with Crippen molar-refractivity contribution in [2.45, 2.75) is 13.3 Å². The van der Waals surface area contributed by atoms with Crippen molar-refractivity contribution in [2.24, 2.45) is 0 Å². The maximum absolute atomic E-state index is 13.7. The van der Waals surface area contributed by atoms with Gasteiger partial charge in [0.25, 0.3) is 5.88 Å². The molecule has 0 amide bonds. The molecule has 112 valence electrons. The summed E-state index contributed by atoms with van der Waals surface area (Å²) in [6.45, 7) is 1.43. The van der Waals surface area contributed by atoms with Crippen molar-refractivity contribution >= 4 is 15.9 Å². The summed E-state index contributed by atoms with van der Waals surface area (Å²) in [5, 5.41) is 0. The minimum Gasteiger partial charge on any atom is -0.436 e. The summed E-state index contributed by atoms with van der Waals surface area (Å²) in [5.41, 5.74) is 0.0936. The van der Waals surface area contributed by atoms with Crippen LogP contribution >= 0.6 is 15.9 Å². The molecular weight excluding hydrogens is 360 g/mol. The van der Waals surface area contributed by atoms with Crippen LogP contribution in [0.15, 0.2) is 29.0 Å². The molecule has 0 bridgehead atoms. The van der Waals surface area contributed by atoms with E-state index in [0.717, 1.165) is 12.4 Å². The van der Waals surface area contributed by atoms with Crippen molar-refractivity contribution in [1.29, 1.82) is 0 Å². The minimum atomic E-state index is -4.80. The second kappa shape index (κ2) is 5.84. The van der Waals surface area contributed by atoms with Crippen LogP contribution in [-0.4, -0.2) is 16.3 Å². The molecule has 0 aliphatic heterocycles. The van der Waals surface area contributed by atoms with E-state index in [1.54, 1.807) is 0 Å². The third-order valence-electron chi connectivity index (χ3n) is 2.28. The number of halogens is 5. The molecule has 0 spiro atoms. The average Bonchev–Trinajstić information content (AvgIpc) is 2.37. The molecule has 0 fully saturated rings. The van der Waals surface area contributed by atoms with Gasteiger partial charge < -0.3 is 9.47 Å². The lowest BCUT2D eigenvalue weighted by molar-refractivity contribution is -0.274. The van der Waals surface area contributed by atoms with E-state index in [4.69, 9.17) is 4.74 Å². The number of benzene rings is 1. The Hall–Kier alpha value is -1.90. The summed E-state index contributed by atoms with van der Waals surface area (Å²) < 4.78 is 59.0.